The number of benzene rings is 3. The molecular formula is C43H57Br2N6O8S+. The van der Waals surface area contributed by atoms with Crippen LogP contribution in [0.5, 0.6) is 0 Å². The maximum absolute atomic E-state index is 12.6. The van der Waals surface area contributed by atoms with Gasteiger partial charge in [0.05, 0.1) is 40.3 Å². The number of aldehydes is 1. The van der Waals surface area contributed by atoms with E-state index in [9.17, 15) is 22.8 Å². The first kappa shape index (κ1) is 51.5. The minimum atomic E-state index is -3.65. The molecule has 6 rings (SSSR count). The summed E-state index contributed by atoms with van der Waals surface area (Å²) in [4.78, 5) is 49.5. The summed E-state index contributed by atoms with van der Waals surface area (Å²) in [6.07, 6.45) is 5.36. The van der Waals surface area contributed by atoms with Crippen molar-refractivity contribution in [3.05, 3.63) is 110 Å². The number of nitrogens with one attached hydrogen (secondary N) is 1. The summed E-state index contributed by atoms with van der Waals surface area (Å²) in [5.74, 6) is 0. The van der Waals surface area contributed by atoms with Gasteiger partial charge in [-0.25, -0.2) is 23.0 Å². The Morgan fingerprint density at radius 2 is 1.43 bits per heavy atom. The summed E-state index contributed by atoms with van der Waals surface area (Å²) < 4.78 is 37.7. The molecule has 1 unspecified atom stereocenters. The Morgan fingerprint density at radius 3 is 1.98 bits per heavy atom. The van der Waals surface area contributed by atoms with Gasteiger partial charge in [0.25, 0.3) is 16.4 Å². The molecule has 6 N–H and O–H groups in total. The lowest BCUT2D eigenvalue weighted by molar-refractivity contribution is -0.111. The molecule has 0 spiro atoms. The molecule has 0 bridgehead atoms. The quantitative estimate of drug-likeness (QED) is 0.176. The predicted octanol–water partition coefficient (Wildman–Crippen LogP) is 10.0. The second-order valence-electron chi connectivity index (χ2n) is 15.9. The van der Waals surface area contributed by atoms with Crippen LogP contribution in [0.3, 0.4) is 0 Å². The second kappa shape index (κ2) is 22.3. The van der Waals surface area contributed by atoms with Crippen molar-refractivity contribution in [3.8, 4) is 17.8 Å². The molecule has 0 radical (unpaired) electrons. The zero-order chi connectivity index (χ0) is 42.8. The van der Waals surface area contributed by atoms with Crippen molar-refractivity contribution in [1.29, 1.82) is 0 Å². The van der Waals surface area contributed by atoms with E-state index >= 15 is 0 Å². The van der Waals surface area contributed by atoms with Crippen LogP contribution in [0.15, 0.2) is 93.0 Å². The van der Waals surface area contributed by atoms with Crippen LogP contribution in [0.4, 0.5) is 9.59 Å². The molecule has 2 amide bonds. The molecule has 3 atom stereocenters. The van der Waals surface area contributed by atoms with Gasteiger partial charge in [-0.2, -0.15) is 0 Å². The highest BCUT2D eigenvalue weighted by Crippen LogP contribution is 2.37. The van der Waals surface area contributed by atoms with E-state index in [2.05, 4.69) is 46.7 Å². The van der Waals surface area contributed by atoms with Crippen LogP contribution >= 0.6 is 31.9 Å². The van der Waals surface area contributed by atoms with Crippen LogP contribution in [0.1, 0.15) is 95.5 Å². The van der Waals surface area contributed by atoms with Crippen LogP contribution in [0.2, 0.25) is 0 Å². The number of ether oxygens (including phenoxy) is 2. The van der Waals surface area contributed by atoms with E-state index in [0.29, 0.717) is 18.7 Å². The smallest absolute Gasteiger partial charge is 0.410 e. The molecule has 326 valence electrons. The number of likely N-dealkylation sites (tertiary alicyclic amines) is 2. The first-order chi connectivity index (χ1) is 27.2. The lowest BCUT2D eigenvalue weighted by Gasteiger charge is -2.28. The minimum absolute atomic E-state index is 0. The lowest BCUT2D eigenvalue weighted by atomic mass is 10.0. The second-order valence-corrected chi connectivity index (χ2v) is 19.8. The number of hydrogen-bond donors (Lipinski definition) is 2. The van der Waals surface area contributed by atoms with Crippen LogP contribution < -0.4 is 6.15 Å². The van der Waals surface area contributed by atoms with Crippen LogP contribution in [-0.2, 0) is 24.1 Å². The normalized spacial score (nSPS) is 16.6. The molecule has 3 heterocycles. The number of aromatic nitrogens is 2. The van der Waals surface area contributed by atoms with Gasteiger partial charge in [0, 0.05) is 27.6 Å². The number of rotatable bonds is 6. The van der Waals surface area contributed by atoms with Gasteiger partial charge in [-0.3, -0.25) is 9.80 Å². The Balaban J connectivity index is 0.000000315. The van der Waals surface area contributed by atoms with Gasteiger partial charge in [0.2, 0.25) is 0 Å². The van der Waals surface area contributed by atoms with E-state index in [4.69, 9.17) is 16.0 Å². The van der Waals surface area contributed by atoms with Gasteiger partial charge in [-0.05, 0) is 117 Å². The Hall–Kier alpha value is -4.60. The van der Waals surface area contributed by atoms with E-state index < -0.39 is 26.4 Å². The monoisotopic (exact) mass is 975 g/mol. The fraction of sp³-hybridized carbons (Fsp3) is 0.419. The van der Waals surface area contributed by atoms with Gasteiger partial charge >= 0.3 is 17.6 Å². The van der Waals surface area contributed by atoms with Crippen molar-refractivity contribution < 1.29 is 37.8 Å². The summed E-state index contributed by atoms with van der Waals surface area (Å²) in [5, 5.41) is -1.11. The third-order valence-electron chi connectivity index (χ3n) is 8.98. The molecular weight excluding hydrogens is 920 g/mol. The average Bonchev–Trinajstić information content (AvgIpc) is 3.92. The van der Waals surface area contributed by atoms with Gasteiger partial charge in [-0.1, -0.05) is 72.6 Å². The topological polar surface area (TPSA) is 210 Å². The number of hydrogen-bond acceptors (Lipinski definition) is 9. The fourth-order valence-electron chi connectivity index (χ4n) is 6.37. The molecule has 1 aromatic heterocycles. The molecule has 2 fully saturated rings. The zero-order valence-corrected chi connectivity index (χ0v) is 39.1. The highest BCUT2D eigenvalue weighted by Gasteiger charge is 2.38. The molecule has 2 aliphatic rings. The Labute approximate surface area is 370 Å². The summed E-state index contributed by atoms with van der Waals surface area (Å²) >= 11 is 6.82. The molecule has 2 aliphatic heterocycles. The lowest BCUT2D eigenvalue weighted by Crippen LogP contribution is -2.40. The maximum atomic E-state index is 12.6. The molecule has 14 nitrogen and oxygen atoms in total. The average molecular weight is 978 g/mol. The van der Waals surface area contributed by atoms with Crippen molar-refractivity contribution in [3.63, 3.8) is 0 Å². The SMILES string of the molecule is C#[N+]C(c1cccc(Br)c1)S(=O)(=O)c1ccc(C)cc1.CC(C)(C)OC(=O)N1CCC[C@@H]1C=O.CC(C)(C)OC(=O)N1CCC[C@H]1c1[nH]cnc1-c1cccc(Br)c1.N.O. The van der Waals surface area contributed by atoms with Crippen LogP contribution in [0, 0.1) is 13.5 Å². The fourth-order valence-corrected chi connectivity index (χ4v) is 8.63. The highest BCUT2D eigenvalue weighted by atomic mass is 79.9. The number of imidazole rings is 1. The number of nitrogens with zero attached hydrogens (tertiary/aromatic N) is 4. The number of carbonyl (C=O) groups is 3. The van der Waals surface area contributed by atoms with Gasteiger partial charge in [0.15, 0.2) is 0 Å². The zero-order valence-electron chi connectivity index (χ0n) is 35.2. The number of aromatic amines is 1. The van der Waals surface area contributed by atoms with Gasteiger partial charge in [0.1, 0.15) is 17.5 Å². The largest absolute Gasteiger partial charge is 0.444 e. The molecule has 0 saturated carbocycles. The van der Waals surface area contributed by atoms with E-state index in [1.54, 1.807) is 53.7 Å². The maximum Gasteiger partial charge on any atom is 0.410 e. The number of aryl methyl sites for hydroxylation is 1. The first-order valence-electron chi connectivity index (χ1n) is 18.9. The summed E-state index contributed by atoms with van der Waals surface area (Å²) in [6, 6.07) is 21.3. The van der Waals surface area contributed by atoms with E-state index in [1.807, 2.05) is 78.8 Å². The third kappa shape index (κ3) is 14.3. The van der Waals surface area contributed by atoms with Crippen molar-refractivity contribution in [2.45, 2.75) is 108 Å². The Kier molecular flexibility index (Phi) is 19.2. The molecule has 0 aliphatic carbocycles. The van der Waals surface area contributed by atoms with Crippen molar-refractivity contribution in [2.75, 3.05) is 13.1 Å². The number of amides is 2. The minimum Gasteiger partial charge on any atom is -0.444 e. The third-order valence-corrected chi connectivity index (χ3v) is 11.9. The number of H-pyrrole nitrogens is 1. The van der Waals surface area contributed by atoms with Gasteiger partial charge < -0.3 is 30.9 Å². The number of carbonyl (C=O) groups excluding carboxylic acids is 3. The summed E-state index contributed by atoms with van der Waals surface area (Å²) in [7, 11) is -3.65. The van der Waals surface area contributed by atoms with Crippen LogP contribution in [0.25, 0.3) is 16.1 Å². The first-order valence-corrected chi connectivity index (χ1v) is 22.1. The summed E-state index contributed by atoms with van der Waals surface area (Å²) in [5.41, 5.74) is 3.42. The van der Waals surface area contributed by atoms with E-state index in [1.165, 1.54) is 4.90 Å². The van der Waals surface area contributed by atoms with E-state index in [-0.39, 0.29) is 40.8 Å². The number of halogens is 2. The predicted molar refractivity (Wildman–Crippen MR) is 241 cm³/mol. The highest BCUT2D eigenvalue weighted by molar-refractivity contribution is 9.10. The van der Waals surface area contributed by atoms with Crippen molar-refractivity contribution in [1.82, 2.24) is 25.9 Å². The standard InChI is InChI=1S/C18H22BrN3O2.C15H13BrNO2S.C10H17NO3.H3N.H2O/c1-18(2,3)24-17(23)22-9-5-8-14(22)16-15(20-11-21-16)12-6-4-7-13(19)10-12;1-11-6-8-14(9-7-11)20(18,19)15(17-2)12-4-3-5-13(16)10-12;1-10(2,3)14-9(13)11-6-4-5-8(11)7-12;;/h4,6-7,10-11,14H,5,8-9H2,1-3H3,(H,20,21);2-10,15H,1H3;7-8H,4-6H2,1-3H3;1H3;1H2/q;+1;;;/t14-;;8-;;/m0.1../s1. The molecule has 4 aromatic rings. The summed E-state index contributed by atoms with van der Waals surface area (Å²) in [6.45, 7) is 19.7. The Morgan fingerprint density at radius 1 is 0.883 bits per heavy atom. The van der Waals surface area contributed by atoms with E-state index in [0.717, 1.165) is 63.4 Å². The molecule has 17 heteroatoms. The molecule has 60 heavy (non-hydrogen) atoms. The van der Waals surface area contributed by atoms with Crippen LogP contribution in [-0.4, -0.2) is 82.5 Å². The molecule has 3 aromatic carbocycles. The Bertz CT molecular complexity index is 2200. The molecule has 2 saturated heterocycles. The van der Waals surface area contributed by atoms with Crippen molar-refractivity contribution in [2.24, 2.45) is 0 Å². The van der Waals surface area contributed by atoms with Crippen molar-refractivity contribution >= 4 is 60.2 Å². The number of sulfone groups is 1. The van der Waals surface area contributed by atoms with Gasteiger partial charge in [-0.15, -0.1) is 0 Å².